The Kier molecular flexibility index (Phi) is 5.48. The Balaban J connectivity index is 2.37. The zero-order valence-electron chi connectivity index (χ0n) is 15.0. The van der Waals surface area contributed by atoms with E-state index in [2.05, 4.69) is 4.85 Å². The van der Waals surface area contributed by atoms with Gasteiger partial charge in [0.1, 0.15) is 5.75 Å². The average molecular weight is 404 g/mol. The normalized spacial score (nSPS) is 19.8. The molecule has 0 aliphatic carbocycles. The van der Waals surface area contributed by atoms with Gasteiger partial charge in [-0.25, -0.2) is 17.6 Å². The molecular formula is C17H19F3N2O4S. The predicted molar refractivity (Wildman–Crippen MR) is 91.7 cm³/mol. The summed E-state index contributed by atoms with van der Waals surface area (Å²) in [4.78, 5) is 15.4. The SMILES string of the molecule is [C-]#[N+]c1ccc(OC2C(=O)N(S(=O)(=O)CCC)CC2(C)C)cc1C(F)(F)F. The van der Waals surface area contributed by atoms with Crippen molar-refractivity contribution < 1.29 is 31.1 Å². The van der Waals surface area contributed by atoms with Gasteiger partial charge in [-0.05, 0) is 18.6 Å². The Morgan fingerprint density at radius 1 is 1.37 bits per heavy atom. The molecule has 0 N–H and O–H groups in total. The number of sulfonamides is 1. The van der Waals surface area contributed by atoms with Gasteiger partial charge in [-0.2, -0.15) is 13.2 Å². The Bertz CT molecular complexity index is 888. The van der Waals surface area contributed by atoms with Crippen molar-refractivity contribution in [3.8, 4) is 5.75 Å². The van der Waals surface area contributed by atoms with Crippen LogP contribution >= 0.6 is 0 Å². The molecule has 0 spiro atoms. The lowest BCUT2D eigenvalue weighted by atomic mass is 9.89. The largest absolute Gasteiger partial charge is 0.480 e. The quantitative estimate of drug-likeness (QED) is 0.703. The van der Waals surface area contributed by atoms with E-state index in [1.54, 1.807) is 20.8 Å². The first kappa shape index (κ1) is 21.0. The first-order valence-corrected chi connectivity index (χ1v) is 9.74. The molecule has 1 aliphatic heterocycles. The predicted octanol–water partition coefficient (Wildman–Crippen LogP) is 3.61. The Labute approximate surface area is 155 Å². The molecule has 1 unspecified atom stereocenters. The standard InChI is InChI=1S/C17H19F3N2O4S/c1-5-8-27(24,25)22-10-16(2,3)14(15(22)23)26-11-6-7-13(21-4)12(9-11)17(18,19)20/h6-7,9,14H,5,8,10H2,1-3H3. The summed E-state index contributed by atoms with van der Waals surface area (Å²) in [6.45, 7) is 11.6. The van der Waals surface area contributed by atoms with Crippen LogP contribution in [0.5, 0.6) is 5.75 Å². The van der Waals surface area contributed by atoms with E-state index in [9.17, 15) is 26.4 Å². The van der Waals surface area contributed by atoms with Crippen LogP contribution in [-0.4, -0.2) is 37.0 Å². The lowest BCUT2D eigenvalue weighted by Gasteiger charge is -2.24. The third kappa shape index (κ3) is 4.18. The third-order valence-corrected chi connectivity index (χ3v) is 6.08. The topological polar surface area (TPSA) is 68.0 Å². The van der Waals surface area contributed by atoms with Crippen molar-refractivity contribution in [1.82, 2.24) is 4.31 Å². The summed E-state index contributed by atoms with van der Waals surface area (Å²) in [5.74, 6) is -1.27. The van der Waals surface area contributed by atoms with E-state index in [-0.39, 0.29) is 18.0 Å². The highest BCUT2D eigenvalue weighted by atomic mass is 32.2. The van der Waals surface area contributed by atoms with Gasteiger partial charge in [-0.1, -0.05) is 26.8 Å². The fourth-order valence-electron chi connectivity index (χ4n) is 2.86. The minimum absolute atomic E-state index is 0.120. The van der Waals surface area contributed by atoms with Crippen LogP contribution < -0.4 is 4.74 Å². The van der Waals surface area contributed by atoms with Crippen molar-refractivity contribution in [3.63, 3.8) is 0 Å². The number of benzene rings is 1. The molecule has 1 heterocycles. The Morgan fingerprint density at radius 2 is 2.00 bits per heavy atom. The maximum atomic E-state index is 13.1. The molecule has 27 heavy (non-hydrogen) atoms. The molecule has 1 aliphatic rings. The first-order chi connectivity index (χ1) is 12.3. The van der Waals surface area contributed by atoms with Crippen LogP contribution in [0.25, 0.3) is 4.85 Å². The summed E-state index contributed by atoms with van der Waals surface area (Å²) in [5, 5.41) is 0. The minimum atomic E-state index is -4.76. The maximum Gasteiger partial charge on any atom is 0.407 e. The monoisotopic (exact) mass is 404 g/mol. The summed E-state index contributed by atoms with van der Waals surface area (Å²) >= 11 is 0. The zero-order valence-corrected chi connectivity index (χ0v) is 15.8. The van der Waals surface area contributed by atoms with Crippen LogP contribution in [0.1, 0.15) is 32.8 Å². The van der Waals surface area contributed by atoms with Crippen molar-refractivity contribution in [1.29, 1.82) is 0 Å². The van der Waals surface area contributed by atoms with Gasteiger partial charge in [0.05, 0.1) is 17.9 Å². The molecule has 0 aromatic heterocycles. The number of hydrogen-bond acceptors (Lipinski definition) is 4. The molecule has 1 saturated heterocycles. The van der Waals surface area contributed by atoms with Crippen LogP contribution in [0.15, 0.2) is 18.2 Å². The lowest BCUT2D eigenvalue weighted by Crippen LogP contribution is -2.39. The van der Waals surface area contributed by atoms with E-state index >= 15 is 0 Å². The number of amides is 1. The van der Waals surface area contributed by atoms with Crippen LogP contribution in [0.2, 0.25) is 0 Å². The molecule has 1 fully saturated rings. The van der Waals surface area contributed by atoms with Gasteiger partial charge in [0.2, 0.25) is 10.0 Å². The molecule has 0 saturated carbocycles. The van der Waals surface area contributed by atoms with Crippen LogP contribution in [0, 0.1) is 12.0 Å². The number of carbonyl (C=O) groups is 1. The van der Waals surface area contributed by atoms with Crippen molar-refractivity contribution in [2.24, 2.45) is 5.41 Å². The molecule has 1 aromatic carbocycles. The van der Waals surface area contributed by atoms with Gasteiger partial charge in [-0.15, -0.1) is 0 Å². The second kappa shape index (κ2) is 7.03. The van der Waals surface area contributed by atoms with Crippen LogP contribution in [0.3, 0.4) is 0 Å². The van der Waals surface area contributed by atoms with Gasteiger partial charge in [0.25, 0.3) is 5.91 Å². The number of carbonyl (C=O) groups excluding carboxylic acids is 1. The second-order valence-electron chi connectivity index (χ2n) is 6.94. The van der Waals surface area contributed by atoms with Crippen molar-refractivity contribution in [2.45, 2.75) is 39.5 Å². The zero-order chi connectivity index (χ0) is 20.6. The van der Waals surface area contributed by atoms with Crippen molar-refractivity contribution >= 4 is 21.6 Å². The van der Waals surface area contributed by atoms with E-state index in [0.717, 1.165) is 16.4 Å². The first-order valence-electron chi connectivity index (χ1n) is 8.13. The van der Waals surface area contributed by atoms with E-state index in [0.29, 0.717) is 12.5 Å². The highest BCUT2D eigenvalue weighted by Crippen LogP contribution is 2.40. The lowest BCUT2D eigenvalue weighted by molar-refractivity contribution is -0.137. The third-order valence-electron chi connectivity index (χ3n) is 4.18. The Hall–Kier alpha value is -2.28. The van der Waals surface area contributed by atoms with Gasteiger partial charge in [0, 0.05) is 12.0 Å². The molecule has 1 atom stereocenters. The number of ether oxygens (including phenoxy) is 1. The number of alkyl halides is 3. The molecule has 2 rings (SSSR count). The van der Waals surface area contributed by atoms with E-state index in [1.165, 1.54) is 0 Å². The summed E-state index contributed by atoms with van der Waals surface area (Å²) < 4.78 is 70.1. The summed E-state index contributed by atoms with van der Waals surface area (Å²) in [5.41, 5.74) is -2.69. The molecule has 0 radical (unpaired) electrons. The maximum absolute atomic E-state index is 13.1. The number of nitrogens with zero attached hydrogens (tertiary/aromatic N) is 2. The highest BCUT2D eigenvalue weighted by Gasteiger charge is 2.52. The van der Waals surface area contributed by atoms with Gasteiger partial charge in [0.15, 0.2) is 11.8 Å². The van der Waals surface area contributed by atoms with E-state index in [1.807, 2.05) is 0 Å². The molecule has 6 nitrogen and oxygen atoms in total. The van der Waals surface area contributed by atoms with Gasteiger partial charge >= 0.3 is 6.18 Å². The second-order valence-corrected chi connectivity index (χ2v) is 8.95. The summed E-state index contributed by atoms with van der Waals surface area (Å²) in [6, 6.07) is 2.78. The van der Waals surface area contributed by atoms with Crippen molar-refractivity contribution in [2.75, 3.05) is 12.3 Å². The van der Waals surface area contributed by atoms with Gasteiger partial charge < -0.3 is 4.74 Å². The van der Waals surface area contributed by atoms with E-state index in [4.69, 9.17) is 11.3 Å². The van der Waals surface area contributed by atoms with E-state index < -0.39 is 44.9 Å². The number of hydrogen-bond donors (Lipinski definition) is 0. The Morgan fingerprint density at radius 3 is 2.52 bits per heavy atom. The smallest absolute Gasteiger partial charge is 0.407 e. The number of halogens is 3. The fourth-order valence-corrected chi connectivity index (χ4v) is 4.49. The molecule has 1 aromatic rings. The van der Waals surface area contributed by atoms with Crippen LogP contribution in [-0.2, 0) is 21.0 Å². The molecule has 0 bridgehead atoms. The average Bonchev–Trinajstić information content (AvgIpc) is 2.78. The minimum Gasteiger partial charge on any atom is -0.480 e. The number of rotatable bonds is 5. The molecule has 1 amide bonds. The molecule has 10 heteroatoms. The summed E-state index contributed by atoms with van der Waals surface area (Å²) in [6.07, 6.45) is -5.69. The molecule has 148 valence electrons. The molecular weight excluding hydrogens is 385 g/mol. The fraction of sp³-hybridized carbons (Fsp3) is 0.529. The summed E-state index contributed by atoms with van der Waals surface area (Å²) in [7, 11) is -3.81. The van der Waals surface area contributed by atoms with Crippen LogP contribution in [0.4, 0.5) is 18.9 Å². The van der Waals surface area contributed by atoms with Gasteiger partial charge in [-0.3, -0.25) is 4.79 Å². The highest BCUT2D eigenvalue weighted by molar-refractivity contribution is 7.89. The van der Waals surface area contributed by atoms with Crippen molar-refractivity contribution in [3.05, 3.63) is 35.2 Å².